The van der Waals surface area contributed by atoms with Gasteiger partial charge in [0, 0.05) is 6.54 Å². The molecule has 0 aliphatic rings. The monoisotopic (exact) mass is 304 g/mol. The van der Waals surface area contributed by atoms with Crippen molar-refractivity contribution < 1.29 is 27.5 Å². The summed E-state index contributed by atoms with van der Waals surface area (Å²) in [7, 11) is 1.16. The molecule has 0 bridgehead atoms. The third-order valence-electron chi connectivity index (χ3n) is 2.69. The maximum atomic E-state index is 12.8. The molecule has 0 spiro atoms. The van der Waals surface area contributed by atoms with Crippen molar-refractivity contribution in [3.05, 3.63) is 29.8 Å². The van der Waals surface area contributed by atoms with Crippen LogP contribution in [-0.4, -0.2) is 37.1 Å². The fourth-order valence-corrected chi connectivity index (χ4v) is 1.58. The fraction of sp³-hybridized carbons (Fsp3) is 0.385. The van der Waals surface area contributed by atoms with Crippen LogP contribution < -0.4 is 5.32 Å². The minimum absolute atomic E-state index is 0.148. The molecule has 0 unspecified atom stereocenters. The van der Waals surface area contributed by atoms with Crippen molar-refractivity contribution in [1.29, 1.82) is 0 Å². The Morgan fingerprint density at radius 2 is 1.90 bits per heavy atom. The Labute approximate surface area is 119 Å². The minimum Gasteiger partial charge on any atom is -0.468 e. The molecule has 1 rings (SSSR count). The average Bonchev–Trinajstić information content (AvgIpc) is 2.43. The van der Waals surface area contributed by atoms with Gasteiger partial charge < -0.3 is 15.0 Å². The van der Waals surface area contributed by atoms with E-state index in [1.165, 1.54) is 12.1 Å². The molecule has 0 fully saturated rings. The smallest absolute Gasteiger partial charge is 0.418 e. The third-order valence-corrected chi connectivity index (χ3v) is 2.69. The number of halogens is 3. The molecule has 1 aromatic rings. The fourth-order valence-electron chi connectivity index (χ4n) is 1.58. The zero-order valence-corrected chi connectivity index (χ0v) is 11.5. The van der Waals surface area contributed by atoms with Crippen molar-refractivity contribution >= 4 is 17.7 Å². The molecule has 1 aromatic carbocycles. The molecule has 1 N–H and O–H groups in total. The number of ether oxygens (including phenoxy) is 1. The number of para-hydroxylation sites is 1. The van der Waals surface area contributed by atoms with E-state index >= 15 is 0 Å². The van der Waals surface area contributed by atoms with Crippen LogP contribution in [0.5, 0.6) is 0 Å². The second-order valence-electron chi connectivity index (χ2n) is 4.06. The molecule has 116 valence electrons. The number of alkyl halides is 3. The van der Waals surface area contributed by atoms with Crippen molar-refractivity contribution in [2.24, 2.45) is 0 Å². The topological polar surface area (TPSA) is 58.6 Å². The zero-order chi connectivity index (χ0) is 16.0. The van der Waals surface area contributed by atoms with Gasteiger partial charge in [0.15, 0.2) is 0 Å². The van der Waals surface area contributed by atoms with Gasteiger partial charge in [-0.1, -0.05) is 12.1 Å². The number of likely N-dealkylation sites (N-methyl/N-ethyl adjacent to an activating group) is 1. The van der Waals surface area contributed by atoms with Gasteiger partial charge in [-0.05, 0) is 19.1 Å². The number of esters is 1. The van der Waals surface area contributed by atoms with Gasteiger partial charge in [0.2, 0.25) is 0 Å². The van der Waals surface area contributed by atoms with Gasteiger partial charge in [0.1, 0.15) is 6.54 Å². The number of nitrogens with zero attached hydrogens (tertiary/aromatic N) is 1. The Kier molecular flexibility index (Phi) is 5.57. The summed E-state index contributed by atoms with van der Waals surface area (Å²) in [6.45, 7) is 1.40. The standard InChI is InChI=1S/C13H15F3N2O3/c1-3-18(8-11(19)21-2)12(20)17-10-7-5-4-6-9(10)13(14,15)16/h4-7H,3,8H2,1-2H3,(H,17,20). The Bertz CT molecular complexity index is 518. The number of urea groups is 1. The van der Waals surface area contributed by atoms with Gasteiger partial charge in [-0.15, -0.1) is 0 Å². The largest absolute Gasteiger partial charge is 0.468 e. The molecule has 5 nitrogen and oxygen atoms in total. The summed E-state index contributed by atoms with van der Waals surface area (Å²) >= 11 is 0. The van der Waals surface area contributed by atoms with Crippen molar-refractivity contribution in [1.82, 2.24) is 4.90 Å². The highest BCUT2D eigenvalue weighted by atomic mass is 19.4. The van der Waals surface area contributed by atoms with Gasteiger partial charge in [0.25, 0.3) is 0 Å². The number of carbonyl (C=O) groups excluding carboxylic acids is 2. The first-order valence-corrected chi connectivity index (χ1v) is 6.08. The molecule has 0 atom stereocenters. The molecular weight excluding hydrogens is 289 g/mol. The van der Waals surface area contributed by atoms with E-state index in [1.54, 1.807) is 6.92 Å². The van der Waals surface area contributed by atoms with Gasteiger partial charge in [-0.2, -0.15) is 13.2 Å². The summed E-state index contributed by atoms with van der Waals surface area (Å²) in [5.74, 6) is -0.656. The molecule has 0 saturated carbocycles. The molecule has 8 heteroatoms. The van der Waals surface area contributed by atoms with Crippen LogP contribution in [0.2, 0.25) is 0 Å². The van der Waals surface area contributed by atoms with E-state index in [9.17, 15) is 22.8 Å². The van der Waals surface area contributed by atoms with Crippen molar-refractivity contribution in [2.45, 2.75) is 13.1 Å². The summed E-state index contributed by atoms with van der Waals surface area (Å²) in [5, 5.41) is 2.16. The maximum absolute atomic E-state index is 12.8. The number of rotatable bonds is 4. The van der Waals surface area contributed by atoms with Crippen LogP contribution in [0.4, 0.5) is 23.7 Å². The number of carbonyl (C=O) groups is 2. The Morgan fingerprint density at radius 3 is 2.43 bits per heavy atom. The van der Waals surface area contributed by atoms with Gasteiger partial charge in [-0.25, -0.2) is 4.79 Å². The van der Waals surface area contributed by atoms with E-state index in [4.69, 9.17) is 0 Å². The Hall–Kier alpha value is -2.25. The molecule has 2 amide bonds. The highest BCUT2D eigenvalue weighted by molar-refractivity contribution is 5.92. The first-order valence-electron chi connectivity index (χ1n) is 6.08. The molecular formula is C13H15F3N2O3. The predicted octanol–water partition coefficient (Wildman–Crippen LogP) is 2.73. The lowest BCUT2D eigenvalue weighted by Gasteiger charge is -2.21. The summed E-state index contributed by atoms with van der Waals surface area (Å²) < 4.78 is 42.8. The zero-order valence-electron chi connectivity index (χ0n) is 11.5. The molecule has 0 radical (unpaired) electrons. The number of anilines is 1. The van der Waals surface area contributed by atoms with Gasteiger partial charge in [-0.3, -0.25) is 4.79 Å². The van der Waals surface area contributed by atoms with Crippen molar-refractivity contribution in [3.63, 3.8) is 0 Å². The molecule has 0 aromatic heterocycles. The van der Waals surface area contributed by atoms with Crippen LogP contribution in [0.15, 0.2) is 24.3 Å². The number of hydrogen-bond acceptors (Lipinski definition) is 3. The second-order valence-corrected chi connectivity index (χ2v) is 4.06. The van der Waals surface area contributed by atoms with Crippen LogP contribution in [0.1, 0.15) is 12.5 Å². The summed E-state index contributed by atoms with van der Waals surface area (Å²) in [6.07, 6.45) is -4.58. The maximum Gasteiger partial charge on any atom is 0.418 e. The molecule has 0 saturated heterocycles. The number of methoxy groups -OCH3 is 1. The quantitative estimate of drug-likeness (QED) is 0.870. The summed E-state index contributed by atoms with van der Waals surface area (Å²) in [6, 6.07) is 3.81. The van der Waals surface area contributed by atoms with Crippen LogP contribution >= 0.6 is 0 Å². The lowest BCUT2D eigenvalue weighted by molar-refractivity contribution is -0.141. The van der Waals surface area contributed by atoms with Crippen LogP contribution in [0.3, 0.4) is 0 Å². The molecule has 0 aliphatic carbocycles. The number of benzene rings is 1. The number of amides is 2. The summed E-state index contributed by atoms with van der Waals surface area (Å²) in [5.41, 5.74) is -1.31. The number of nitrogens with one attached hydrogen (secondary N) is 1. The molecule has 0 heterocycles. The van der Waals surface area contributed by atoms with Gasteiger partial charge >= 0.3 is 18.2 Å². The van der Waals surface area contributed by atoms with E-state index in [0.29, 0.717) is 0 Å². The molecule has 0 aliphatic heterocycles. The third kappa shape index (κ3) is 4.66. The van der Waals surface area contributed by atoms with Crippen molar-refractivity contribution in [3.8, 4) is 0 Å². The molecule has 21 heavy (non-hydrogen) atoms. The van der Waals surface area contributed by atoms with Crippen LogP contribution in [0, 0.1) is 0 Å². The Balaban J connectivity index is 2.90. The normalized spacial score (nSPS) is 10.9. The average molecular weight is 304 g/mol. The summed E-state index contributed by atoms with van der Waals surface area (Å²) in [4.78, 5) is 24.1. The lowest BCUT2D eigenvalue weighted by Crippen LogP contribution is -2.39. The van der Waals surface area contributed by atoms with E-state index in [-0.39, 0.29) is 18.8 Å². The second kappa shape index (κ2) is 6.96. The van der Waals surface area contributed by atoms with E-state index in [0.717, 1.165) is 24.1 Å². The Morgan fingerprint density at radius 1 is 1.29 bits per heavy atom. The van der Waals surface area contributed by atoms with E-state index < -0.39 is 23.7 Å². The van der Waals surface area contributed by atoms with E-state index in [2.05, 4.69) is 10.1 Å². The highest BCUT2D eigenvalue weighted by Crippen LogP contribution is 2.34. The highest BCUT2D eigenvalue weighted by Gasteiger charge is 2.33. The minimum atomic E-state index is -4.58. The number of hydrogen-bond donors (Lipinski definition) is 1. The predicted molar refractivity (Wildman–Crippen MR) is 69.7 cm³/mol. The lowest BCUT2D eigenvalue weighted by atomic mass is 10.1. The SMILES string of the molecule is CCN(CC(=O)OC)C(=O)Nc1ccccc1C(F)(F)F. The first kappa shape index (κ1) is 16.8. The van der Waals surface area contributed by atoms with Crippen LogP contribution in [-0.2, 0) is 15.7 Å². The van der Waals surface area contributed by atoms with Crippen molar-refractivity contribution in [2.75, 3.05) is 25.5 Å². The van der Waals surface area contributed by atoms with E-state index in [1.807, 2.05) is 0 Å². The van der Waals surface area contributed by atoms with Crippen LogP contribution in [0.25, 0.3) is 0 Å². The van der Waals surface area contributed by atoms with Gasteiger partial charge in [0.05, 0.1) is 18.4 Å². The first-order chi connectivity index (χ1) is 9.79.